The highest BCUT2D eigenvalue weighted by Crippen LogP contribution is 2.47. The number of aliphatic hydroxyl groups is 5. The number of esters is 2. The van der Waals surface area contributed by atoms with Crippen LogP contribution < -0.4 is 0 Å². The number of hydrogen-bond acceptors (Lipinski definition) is 13. The number of aliphatic hydroxyl groups excluding tert-OH is 5. The van der Waals surface area contributed by atoms with Crippen molar-refractivity contribution in [3.63, 3.8) is 0 Å². The minimum absolute atomic E-state index is 0.0377. The average Bonchev–Trinajstić information content (AvgIpc) is 3.25. The molecule has 15 heteroatoms. The molecule has 0 bridgehead atoms. The number of carbonyl (C=O) groups excluding carboxylic acids is 3. The summed E-state index contributed by atoms with van der Waals surface area (Å²) in [7, 11) is -5.15. The van der Waals surface area contributed by atoms with Crippen LogP contribution in [0.3, 0.4) is 0 Å². The molecule has 1 fully saturated rings. The maximum absolute atomic E-state index is 12.8. The molecule has 6 N–H and O–H groups in total. The summed E-state index contributed by atoms with van der Waals surface area (Å²) in [6.07, 6.45) is 26.8. The lowest BCUT2D eigenvalue weighted by Gasteiger charge is -2.41. The highest BCUT2D eigenvalue weighted by molar-refractivity contribution is 7.47. The molecule has 1 aliphatic carbocycles. The third kappa shape index (κ3) is 28.8. The van der Waals surface area contributed by atoms with Gasteiger partial charge in [0, 0.05) is 19.3 Å². The molecule has 62 heavy (non-hydrogen) atoms. The van der Waals surface area contributed by atoms with Crippen molar-refractivity contribution in [3.05, 3.63) is 60.8 Å². The number of ether oxygens (including phenoxy) is 2. The summed E-state index contributed by atoms with van der Waals surface area (Å²) in [5, 5.41) is 50.1. The second-order valence-corrected chi connectivity index (χ2v) is 17.3. The van der Waals surface area contributed by atoms with Crippen molar-refractivity contribution in [2.75, 3.05) is 13.2 Å². The van der Waals surface area contributed by atoms with Crippen LogP contribution in [-0.4, -0.2) is 104 Å². The van der Waals surface area contributed by atoms with Crippen LogP contribution in [-0.2, 0) is 37.5 Å². The van der Waals surface area contributed by atoms with Gasteiger partial charge in [-0.1, -0.05) is 126 Å². The lowest BCUT2D eigenvalue weighted by molar-refractivity contribution is -0.220. The maximum atomic E-state index is 12.8. The van der Waals surface area contributed by atoms with Crippen LogP contribution in [0.15, 0.2) is 60.8 Å². The molecule has 0 amide bonds. The molecule has 0 heterocycles. The molecule has 0 saturated heterocycles. The van der Waals surface area contributed by atoms with Crippen molar-refractivity contribution >= 4 is 25.5 Å². The van der Waals surface area contributed by atoms with E-state index >= 15 is 0 Å². The van der Waals surface area contributed by atoms with E-state index in [-0.39, 0.29) is 18.6 Å². The quantitative estimate of drug-likeness (QED) is 0.00865. The number of unbranched alkanes of at least 4 members (excludes halogenated alkanes) is 14. The first-order valence-corrected chi connectivity index (χ1v) is 24.5. The van der Waals surface area contributed by atoms with Gasteiger partial charge in [-0.25, -0.2) is 4.57 Å². The van der Waals surface area contributed by atoms with Gasteiger partial charge in [-0.3, -0.25) is 23.4 Å². The number of phosphoric ester groups is 1. The highest BCUT2D eigenvalue weighted by atomic mass is 31.2. The Morgan fingerprint density at radius 3 is 1.61 bits per heavy atom. The van der Waals surface area contributed by atoms with Crippen molar-refractivity contribution in [1.29, 1.82) is 0 Å². The zero-order valence-corrected chi connectivity index (χ0v) is 38.3. The van der Waals surface area contributed by atoms with E-state index in [1.807, 2.05) is 12.2 Å². The van der Waals surface area contributed by atoms with E-state index in [4.69, 9.17) is 18.5 Å². The number of ketones is 1. The van der Waals surface area contributed by atoms with Crippen LogP contribution >= 0.6 is 7.82 Å². The van der Waals surface area contributed by atoms with Crippen LogP contribution in [0.2, 0.25) is 0 Å². The number of allylic oxidation sites excluding steroid dienone is 10. The normalized spacial score (nSPS) is 22.3. The first-order chi connectivity index (χ1) is 29.8. The van der Waals surface area contributed by atoms with Gasteiger partial charge in [-0.05, 0) is 76.7 Å². The second kappa shape index (κ2) is 36.5. The van der Waals surface area contributed by atoms with Gasteiger partial charge in [0.15, 0.2) is 11.9 Å². The van der Waals surface area contributed by atoms with Gasteiger partial charge in [0.25, 0.3) is 0 Å². The Labute approximate surface area is 370 Å². The summed E-state index contributed by atoms with van der Waals surface area (Å²) < 4.78 is 33.4. The van der Waals surface area contributed by atoms with E-state index in [2.05, 4.69) is 50.3 Å². The van der Waals surface area contributed by atoms with Crippen LogP contribution in [0.25, 0.3) is 0 Å². The molecule has 3 unspecified atom stereocenters. The largest absolute Gasteiger partial charge is 0.472 e. The number of phosphoric acid groups is 1. The molecule has 0 aromatic rings. The maximum Gasteiger partial charge on any atom is 0.472 e. The summed E-state index contributed by atoms with van der Waals surface area (Å²) in [4.78, 5) is 47.5. The predicted octanol–water partition coefficient (Wildman–Crippen LogP) is 8.12. The lowest BCUT2D eigenvalue weighted by Crippen LogP contribution is -2.64. The number of carbonyl (C=O) groups is 3. The fourth-order valence-corrected chi connectivity index (χ4v) is 7.48. The van der Waals surface area contributed by atoms with Crippen molar-refractivity contribution in [2.45, 2.75) is 204 Å². The molecular weight excluding hydrogens is 819 g/mol. The van der Waals surface area contributed by atoms with Gasteiger partial charge in [0.1, 0.15) is 43.2 Å². The molecular formula is C47H79O14P. The smallest absolute Gasteiger partial charge is 0.462 e. The van der Waals surface area contributed by atoms with E-state index in [1.54, 1.807) is 12.2 Å². The zero-order valence-electron chi connectivity index (χ0n) is 37.4. The Kier molecular flexibility index (Phi) is 33.7. The molecule has 0 radical (unpaired) electrons. The van der Waals surface area contributed by atoms with Crippen molar-refractivity contribution in [3.8, 4) is 0 Å². The second-order valence-electron chi connectivity index (χ2n) is 15.9. The third-order valence-corrected chi connectivity index (χ3v) is 11.3. The molecule has 1 aliphatic rings. The third-order valence-electron chi connectivity index (χ3n) is 10.3. The molecule has 0 spiro atoms. The van der Waals surface area contributed by atoms with Gasteiger partial charge >= 0.3 is 19.8 Å². The summed E-state index contributed by atoms with van der Waals surface area (Å²) in [5.41, 5.74) is 0. The molecule has 0 aromatic heterocycles. The van der Waals surface area contributed by atoms with E-state index in [0.717, 1.165) is 96.3 Å². The van der Waals surface area contributed by atoms with Gasteiger partial charge in [0.05, 0.1) is 6.61 Å². The molecule has 356 valence electrons. The van der Waals surface area contributed by atoms with Crippen molar-refractivity contribution in [1.82, 2.24) is 0 Å². The summed E-state index contributed by atoms with van der Waals surface area (Å²) in [6.45, 7) is 3.06. The van der Waals surface area contributed by atoms with Gasteiger partial charge in [-0.2, -0.15) is 0 Å². The first-order valence-electron chi connectivity index (χ1n) is 23.0. The van der Waals surface area contributed by atoms with Crippen molar-refractivity contribution in [2.24, 2.45) is 0 Å². The highest BCUT2D eigenvalue weighted by Gasteiger charge is 2.51. The molecule has 0 aliphatic heterocycles. The Morgan fingerprint density at radius 2 is 1.02 bits per heavy atom. The monoisotopic (exact) mass is 899 g/mol. The van der Waals surface area contributed by atoms with Crippen LogP contribution in [0, 0.1) is 0 Å². The van der Waals surface area contributed by atoms with Crippen LogP contribution in [0.5, 0.6) is 0 Å². The molecule has 8 atom stereocenters. The first kappa shape index (κ1) is 57.2. The van der Waals surface area contributed by atoms with E-state index in [1.165, 1.54) is 19.3 Å². The van der Waals surface area contributed by atoms with Crippen molar-refractivity contribution < 1.29 is 67.9 Å². The lowest BCUT2D eigenvalue weighted by atomic mass is 9.85. The minimum Gasteiger partial charge on any atom is -0.462 e. The number of hydrogen-bond donors (Lipinski definition) is 6. The molecule has 14 nitrogen and oxygen atoms in total. The Balaban J connectivity index is 2.51. The minimum atomic E-state index is -5.15. The van der Waals surface area contributed by atoms with Gasteiger partial charge in [0.2, 0.25) is 0 Å². The topological polar surface area (TPSA) is 227 Å². The van der Waals surface area contributed by atoms with Crippen LogP contribution in [0.1, 0.15) is 162 Å². The average molecular weight is 899 g/mol. The summed E-state index contributed by atoms with van der Waals surface area (Å²) >= 11 is 0. The number of rotatable bonds is 37. The summed E-state index contributed by atoms with van der Waals surface area (Å²) in [5.74, 6) is -1.05. The Bertz CT molecular complexity index is 1380. The van der Waals surface area contributed by atoms with E-state index in [0.29, 0.717) is 19.3 Å². The van der Waals surface area contributed by atoms with E-state index in [9.17, 15) is 49.4 Å². The zero-order chi connectivity index (χ0) is 45.9. The standard InChI is InChI=1S/C47H79O14P/c1-3-5-7-8-9-10-11-12-13-14-15-16-17-20-23-26-30-34-40(49)58-36-39(37-59-62(56,57)61-47-45(54)43(52)42(51)44(53)46(47)55)60-41(50)35-31-27-24-21-18-19-22-25-29-33-38(48)32-28-6-4-2/h9-10,12-13,15-16,22,25,29,33,39,42-47,51-55H,3-8,11,14,17-21,23-24,26-28,30-32,34-37H2,1-2H3,(H,56,57)/b10-9-,13-12-,16-15-,25-22-,33-29+/t39-,42?,43-,44+,45-,46-,47?/m1/s1. The Hall–Kier alpha value is -2.78. The SMILES string of the molecule is CCCCC/C=C\C/C=C\C/C=C\CCCCCCC(=O)OC[C@H](COP(=O)(O)OC1[C@H](O)[C@H](O)C(O)[C@H](O)[C@H]1O)OC(=O)CCCCCCC/C=C\C=C\C(=O)CCCCC. The molecule has 1 rings (SSSR count). The van der Waals surface area contributed by atoms with Gasteiger partial charge < -0.3 is 39.9 Å². The molecule has 0 aromatic carbocycles. The fourth-order valence-electron chi connectivity index (χ4n) is 6.51. The Morgan fingerprint density at radius 1 is 0.548 bits per heavy atom. The predicted molar refractivity (Wildman–Crippen MR) is 240 cm³/mol. The van der Waals surface area contributed by atoms with Gasteiger partial charge in [-0.15, -0.1) is 0 Å². The van der Waals surface area contributed by atoms with E-state index < -0.39 is 75.7 Å². The van der Waals surface area contributed by atoms with Crippen LogP contribution in [0.4, 0.5) is 0 Å². The fraction of sp³-hybridized carbons (Fsp3) is 0.723. The molecule has 1 saturated carbocycles. The summed E-state index contributed by atoms with van der Waals surface area (Å²) in [6, 6.07) is 0.